The number of aromatic amines is 2. The second-order valence-corrected chi connectivity index (χ2v) is 6.80. The number of nitrogens with two attached hydrogens (primary N) is 1. The maximum Gasteiger partial charge on any atom is 0.161 e. The predicted molar refractivity (Wildman–Crippen MR) is 114 cm³/mol. The molecule has 142 valence electrons. The molecular formula is C21H23N7. The van der Waals surface area contributed by atoms with Gasteiger partial charge in [-0.25, -0.2) is 9.97 Å². The molecule has 4 N–H and O–H groups in total. The normalized spacial score (nSPS) is 12.1. The monoisotopic (exact) mass is 373 g/mol. The fourth-order valence-electron chi connectivity index (χ4n) is 3.28. The Balaban J connectivity index is 1.84. The summed E-state index contributed by atoms with van der Waals surface area (Å²) in [6.45, 7) is 6.05. The number of aromatic nitrogens is 6. The minimum atomic E-state index is 0.446. The Hall–Kier alpha value is -3.61. The predicted octanol–water partition coefficient (Wildman–Crippen LogP) is 4.14. The van der Waals surface area contributed by atoms with E-state index in [1.807, 2.05) is 51.4 Å². The summed E-state index contributed by atoms with van der Waals surface area (Å²) >= 11 is 0. The number of hydrogen-bond donors (Lipinski definition) is 3. The summed E-state index contributed by atoms with van der Waals surface area (Å²) in [5, 5.41) is 8.57. The molecule has 0 aliphatic carbocycles. The van der Waals surface area contributed by atoms with Crippen molar-refractivity contribution in [2.45, 2.75) is 20.8 Å². The van der Waals surface area contributed by atoms with Crippen molar-refractivity contribution in [1.29, 1.82) is 0 Å². The largest absolute Gasteiger partial charge is 0.382 e. The van der Waals surface area contributed by atoms with Gasteiger partial charge in [-0.2, -0.15) is 5.10 Å². The van der Waals surface area contributed by atoms with Gasteiger partial charge in [0.05, 0.1) is 23.1 Å². The van der Waals surface area contributed by atoms with Gasteiger partial charge in [0.25, 0.3) is 0 Å². The van der Waals surface area contributed by atoms with Crippen LogP contribution in [-0.2, 0) is 7.05 Å². The highest BCUT2D eigenvalue weighted by atomic mass is 15.1. The van der Waals surface area contributed by atoms with Gasteiger partial charge in [0.15, 0.2) is 5.82 Å². The maximum atomic E-state index is 6.07. The third kappa shape index (κ3) is 2.90. The summed E-state index contributed by atoms with van der Waals surface area (Å²) in [7, 11) is 2.02. The highest BCUT2D eigenvalue weighted by molar-refractivity contribution is 5.95. The smallest absolute Gasteiger partial charge is 0.161 e. The van der Waals surface area contributed by atoms with E-state index < -0.39 is 0 Å². The lowest BCUT2D eigenvalue weighted by molar-refractivity contribution is 0.864. The van der Waals surface area contributed by atoms with Crippen molar-refractivity contribution in [3.63, 3.8) is 0 Å². The molecular weight excluding hydrogens is 350 g/mol. The number of anilines is 1. The van der Waals surface area contributed by atoms with Crippen molar-refractivity contribution >= 4 is 22.8 Å². The van der Waals surface area contributed by atoms with Crippen LogP contribution in [0.2, 0.25) is 0 Å². The van der Waals surface area contributed by atoms with E-state index in [9.17, 15) is 0 Å². The van der Waals surface area contributed by atoms with Crippen molar-refractivity contribution in [3.05, 3.63) is 53.6 Å². The SMILES string of the molecule is CC=C/C=C\c1[nH]c(-c2n[nH]c3cc(C)c(-c4cnc(C)n4C)cc23)nc1N. The third-order valence-electron chi connectivity index (χ3n) is 4.96. The summed E-state index contributed by atoms with van der Waals surface area (Å²) in [5.74, 6) is 2.06. The van der Waals surface area contributed by atoms with Crippen LogP contribution in [0.25, 0.3) is 39.8 Å². The highest BCUT2D eigenvalue weighted by Crippen LogP contribution is 2.32. The summed E-state index contributed by atoms with van der Waals surface area (Å²) in [5.41, 5.74) is 11.9. The van der Waals surface area contributed by atoms with E-state index in [2.05, 4.69) is 48.8 Å². The Morgan fingerprint density at radius 1 is 1.18 bits per heavy atom. The Labute approximate surface area is 163 Å². The zero-order chi connectivity index (χ0) is 19.8. The lowest BCUT2D eigenvalue weighted by atomic mass is 10.0. The van der Waals surface area contributed by atoms with Crippen LogP contribution in [0, 0.1) is 13.8 Å². The standard InChI is InChI=1S/C21H23N7/c1-5-6-7-8-16-20(22)25-21(24-16)19-15-10-14(12(2)9-17(15)26-27-19)18-11-23-13(3)28(18)4/h5-11H,22H2,1-4H3,(H,24,25)(H,26,27)/b6-5?,8-7-. The zero-order valence-electron chi connectivity index (χ0n) is 16.4. The number of fused-ring (bicyclic) bond motifs is 1. The Morgan fingerprint density at radius 3 is 2.71 bits per heavy atom. The summed E-state index contributed by atoms with van der Waals surface area (Å²) in [6, 6.07) is 4.23. The van der Waals surface area contributed by atoms with Crippen molar-refractivity contribution in [3.8, 4) is 22.8 Å². The molecule has 0 aliphatic heterocycles. The van der Waals surface area contributed by atoms with E-state index in [0.29, 0.717) is 11.6 Å². The van der Waals surface area contributed by atoms with Gasteiger partial charge in [0, 0.05) is 18.0 Å². The first-order valence-electron chi connectivity index (χ1n) is 9.12. The van der Waals surface area contributed by atoms with E-state index in [0.717, 1.165) is 44.9 Å². The van der Waals surface area contributed by atoms with Crippen LogP contribution in [-0.4, -0.2) is 29.7 Å². The number of hydrogen-bond acceptors (Lipinski definition) is 4. The van der Waals surface area contributed by atoms with E-state index in [-0.39, 0.29) is 0 Å². The molecule has 0 fully saturated rings. The van der Waals surface area contributed by atoms with Gasteiger partial charge in [0.1, 0.15) is 17.3 Å². The minimum Gasteiger partial charge on any atom is -0.382 e. The molecule has 4 aromatic rings. The maximum absolute atomic E-state index is 6.07. The molecule has 0 amide bonds. The van der Waals surface area contributed by atoms with E-state index in [1.54, 1.807) is 0 Å². The van der Waals surface area contributed by atoms with Gasteiger partial charge < -0.3 is 15.3 Å². The third-order valence-corrected chi connectivity index (χ3v) is 4.96. The number of allylic oxidation sites excluding steroid dienone is 3. The fourth-order valence-corrected chi connectivity index (χ4v) is 3.28. The quantitative estimate of drug-likeness (QED) is 0.468. The Morgan fingerprint density at radius 2 is 2.00 bits per heavy atom. The number of rotatable bonds is 4. The number of aryl methyl sites for hydroxylation is 2. The number of nitrogen functional groups attached to an aromatic ring is 1. The first kappa shape index (κ1) is 17.8. The van der Waals surface area contributed by atoms with Crippen LogP contribution in [0.5, 0.6) is 0 Å². The molecule has 0 unspecified atom stereocenters. The first-order chi connectivity index (χ1) is 13.5. The molecule has 0 bridgehead atoms. The van der Waals surface area contributed by atoms with Gasteiger partial charge in [-0.15, -0.1) is 0 Å². The van der Waals surface area contributed by atoms with Crippen LogP contribution in [0.4, 0.5) is 5.82 Å². The van der Waals surface area contributed by atoms with Crippen molar-refractivity contribution in [1.82, 2.24) is 29.7 Å². The second kappa shape index (κ2) is 6.84. The number of imidazole rings is 2. The fraction of sp³-hybridized carbons (Fsp3) is 0.190. The van der Waals surface area contributed by atoms with Gasteiger partial charge in [-0.3, -0.25) is 5.10 Å². The molecule has 28 heavy (non-hydrogen) atoms. The molecule has 3 aromatic heterocycles. The Kier molecular flexibility index (Phi) is 4.35. The molecule has 0 aliphatic rings. The molecule has 0 atom stereocenters. The topological polar surface area (TPSA) is 101 Å². The number of nitrogens with zero attached hydrogens (tertiary/aromatic N) is 4. The van der Waals surface area contributed by atoms with Crippen molar-refractivity contribution in [2.24, 2.45) is 7.05 Å². The molecule has 0 saturated carbocycles. The van der Waals surface area contributed by atoms with Gasteiger partial charge in [-0.05, 0) is 44.5 Å². The molecule has 0 spiro atoms. The van der Waals surface area contributed by atoms with Gasteiger partial charge in [-0.1, -0.05) is 18.2 Å². The van der Waals surface area contributed by atoms with Gasteiger partial charge in [0.2, 0.25) is 0 Å². The molecule has 7 nitrogen and oxygen atoms in total. The van der Waals surface area contributed by atoms with E-state index >= 15 is 0 Å². The molecule has 4 rings (SSSR count). The average Bonchev–Trinajstić information content (AvgIpc) is 3.33. The van der Waals surface area contributed by atoms with Crippen LogP contribution < -0.4 is 5.73 Å². The van der Waals surface area contributed by atoms with Crippen LogP contribution in [0.15, 0.2) is 36.6 Å². The number of benzene rings is 1. The van der Waals surface area contributed by atoms with Crippen LogP contribution >= 0.6 is 0 Å². The second-order valence-electron chi connectivity index (χ2n) is 6.80. The number of H-pyrrole nitrogens is 2. The summed E-state index contributed by atoms with van der Waals surface area (Å²) in [6.07, 6.45) is 9.61. The van der Waals surface area contributed by atoms with Crippen molar-refractivity contribution in [2.75, 3.05) is 5.73 Å². The summed E-state index contributed by atoms with van der Waals surface area (Å²) < 4.78 is 2.09. The van der Waals surface area contributed by atoms with E-state index in [4.69, 9.17) is 5.73 Å². The molecule has 3 heterocycles. The lowest BCUT2D eigenvalue weighted by Crippen LogP contribution is -1.95. The van der Waals surface area contributed by atoms with Crippen molar-refractivity contribution < 1.29 is 0 Å². The highest BCUT2D eigenvalue weighted by Gasteiger charge is 2.17. The molecule has 0 radical (unpaired) electrons. The average molecular weight is 373 g/mol. The summed E-state index contributed by atoms with van der Waals surface area (Å²) in [4.78, 5) is 12.2. The lowest BCUT2D eigenvalue weighted by Gasteiger charge is -2.08. The molecule has 0 saturated heterocycles. The minimum absolute atomic E-state index is 0.446. The number of nitrogens with one attached hydrogen (secondary N) is 2. The van der Waals surface area contributed by atoms with E-state index in [1.165, 1.54) is 0 Å². The van der Waals surface area contributed by atoms with Crippen LogP contribution in [0.3, 0.4) is 0 Å². The molecule has 1 aromatic carbocycles. The Bertz CT molecular complexity index is 1220. The molecule has 7 heteroatoms. The zero-order valence-corrected chi connectivity index (χ0v) is 16.4. The van der Waals surface area contributed by atoms with Gasteiger partial charge >= 0.3 is 0 Å². The van der Waals surface area contributed by atoms with Crippen LogP contribution in [0.1, 0.15) is 24.0 Å². The first-order valence-corrected chi connectivity index (χ1v) is 9.12.